The van der Waals surface area contributed by atoms with Crippen molar-refractivity contribution in [3.8, 4) is 5.75 Å². The summed E-state index contributed by atoms with van der Waals surface area (Å²) in [7, 11) is 3.68. The Morgan fingerprint density at radius 3 is 2.76 bits per heavy atom. The zero-order chi connectivity index (χ0) is 12.5. The number of methoxy groups -OCH3 is 1. The average Bonchev–Trinajstić information content (AvgIpc) is 2.39. The minimum atomic E-state index is 0.384. The van der Waals surface area contributed by atoms with Crippen molar-refractivity contribution in [3.05, 3.63) is 24.0 Å². The van der Waals surface area contributed by atoms with Crippen LogP contribution in [0.15, 0.2) is 18.5 Å². The highest BCUT2D eigenvalue weighted by Crippen LogP contribution is 2.22. The van der Waals surface area contributed by atoms with Gasteiger partial charge in [0, 0.05) is 12.2 Å². The van der Waals surface area contributed by atoms with Gasteiger partial charge in [0.05, 0.1) is 13.3 Å². The van der Waals surface area contributed by atoms with Gasteiger partial charge in [-0.1, -0.05) is 32.6 Å². The van der Waals surface area contributed by atoms with E-state index in [0.717, 1.165) is 12.2 Å². The van der Waals surface area contributed by atoms with E-state index < -0.39 is 0 Å². The second-order valence-corrected chi connectivity index (χ2v) is 4.35. The molecule has 0 amide bonds. The number of nitrogens with one attached hydrogen (secondary N) is 1. The van der Waals surface area contributed by atoms with Crippen molar-refractivity contribution in [2.75, 3.05) is 14.2 Å². The predicted molar refractivity (Wildman–Crippen MR) is 71.3 cm³/mol. The summed E-state index contributed by atoms with van der Waals surface area (Å²) in [6.07, 6.45) is 10.0. The normalized spacial score (nSPS) is 12.4. The van der Waals surface area contributed by atoms with Gasteiger partial charge in [-0.2, -0.15) is 0 Å². The van der Waals surface area contributed by atoms with Gasteiger partial charge in [0.2, 0.25) is 0 Å². The number of hydrogen-bond acceptors (Lipinski definition) is 3. The van der Waals surface area contributed by atoms with Gasteiger partial charge in [-0.05, 0) is 25.1 Å². The molecular formula is C14H24N2O. The fourth-order valence-electron chi connectivity index (χ4n) is 1.99. The van der Waals surface area contributed by atoms with Crippen molar-refractivity contribution in [1.29, 1.82) is 0 Å². The zero-order valence-corrected chi connectivity index (χ0v) is 11.2. The Morgan fingerprint density at radius 2 is 2.12 bits per heavy atom. The lowest BCUT2D eigenvalue weighted by Gasteiger charge is -2.16. The average molecular weight is 236 g/mol. The van der Waals surface area contributed by atoms with Crippen LogP contribution in [0.2, 0.25) is 0 Å². The van der Waals surface area contributed by atoms with Crippen LogP contribution in [0, 0.1) is 0 Å². The Balaban J connectivity index is 2.53. The van der Waals surface area contributed by atoms with Gasteiger partial charge in [0.1, 0.15) is 5.75 Å². The van der Waals surface area contributed by atoms with Crippen LogP contribution >= 0.6 is 0 Å². The molecule has 1 rings (SSSR count). The van der Waals surface area contributed by atoms with E-state index in [4.69, 9.17) is 4.74 Å². The summed E-state index contributed by atoms with van der Waals surface area (Å²) in [5.41, 5.74) is 1.21. The highest BCUT2D eigenvalue weighted by atomic mass is 16.5. The Labute approximate surface area is 105 Å². The van der Waals surface area contributed by atoms with Gasteiger partial charge in [0.15, 0.2) is 0 Å². The van der Waals surface area contributed by atoms with Gasteiger partial charge in [-0.3, -0.25) is 4.98 Å². The van der Waals surface area contributed by atoms with Gasteiger partial charge in [-0.15, -0.1) is 0 Å². The lowest BCUT2D eigenvalue weighted by molar-refractivity contribution is 0.410. The highest BCUT2D eigenvalue weighted by Gasteiger charge is 2.09. The summed E-state index contributed by atoms with van der Waals surface area (Å²) in [5.74, 6) is 0.830. The minimum absolute atomic E-state index is 0.384. The first-order valence-electron chi connectivity index (χ1n) is 6.48. The van der Waals surface area contributed by atoms with E-state index in [0.29, 0.717) is 6.04 Å². The molecule has 1 aromatic heterocycles. The first kappa shape index (κ1) is 14.0. The van der Waals surface area contributed by atoms with Crippen LogP contribution < -0.4 is 10.1 Å². The number of ether oxygens (including phenoxy) is 1. The molecule has 17 heavy (non-hydrogen) atoms. The summed E-state index contributed by atoms with van der Waals surface area (Å²) in [6, 6.07) is 2.45. The van der Waals surface area contributed by atoms with Crippen LogP contribution in [-0.2, 0) is 0 Å². The second kappa shape index (κ2) is 8.07. The van der Waals surface area contributed by atoms with Crippen LogP contribution in [0.5, 0.6) is 5.75 Å². The van der Waals surface area contributed by atoms with E-state index >= 15 is 0 Å². The van der Waals surface area contributed by atoms with E-state index in [1.165, 1.54) is 31.2 Å². The van der Waals surface area contributed by atoms with Crippen LogP contribution in [0.1, 0.15) is 50.6 Å². The van der Waals surface area contributed by atoms with E-state index in [2.05, 4.69) is 23.3 Å². The Kier molecular flexibility index (Phi) is 6.63. The molecule has 0 saturated heterocycles. The molecule has 0 aliphatic carbocycles. The van der Waals surface area contributed by atoms with Crippen molar-refractivity contribution in [3.63, 3.8) is 0 Å². The van der Waals surface area contributed by atoms with Crippen molar-refractivity contribution in [2.45, 2.75) is 45.1 Å². The molecule has 3 nitrogen and oxygen atoms in total. The van der Waals surface area contributed by atoms with E-state index in [1.807, 2.05) is 13.2 Å². The maximum atomic E-state index is 5.20. The van der Waals surface area contributed by atoms with Gasteiger partial charge < -0.3 is 10.1 Å². The second-order valence-electron chi connectivity index (χ2n) is 4.35. The van der Waals surface area contributed by atoms with E-state index in [1.54, 1.807) is 13.3 Å². The number of rotatable bonds is 8. The van der Waals surface area contributed by atoms with Crippen LogP contribution in [0.3, 0.4) is 0 Å². The van der Waals surface area contributed by atoms with Crippen molar-refractivity contribution in [1.82, 2.24) is 10.3 Å². The predicted octanol–water partition coefficient (Wildman–Crippen LogP) is 3.32. The van der Waals surface area contributed by atoms with Gasteiger partial charge >= 0.3 is 0 Å². The largest absolute Gasteiger partial charge is 0.495 e. The monoisotopic (exact) mass is 236 g/mol. The molecule has 0 aromatic carbocycles. The molecule has 1 N–H and O–H groups in total. The van der Waals surface area contributed by atoms with Crippen molar-refractivity contribution in [2.24, 2.45) is 0 Å². The lowest BCUT2D eigenvalue weighted by atomic mass is 10.0. The van der Waals surface area contributed by atoms with Crippen LogP contribution in [0.4, 0.5) is 0 Å². The van der Waals surface area contributed by atoms with Gasteiger partial charge in [0.25, 0.3) is 0 Å². The summed E-state index contributed by atoms with van der Waals surface area (Å²) in [6.45, 7) is 2.24. The molecule has 0 bridgehead atoms. The van der Waals surface area contributed by atoms with Crippen LogP contribution in [-0.4, -0.2) is 19.1 Å². The van der Waals surface area contributed by atoms with Gasteiger partial charge in [-0.25, -0.2) is 0 Å². The SMILES string of the molecule is CCCCCCC(NC)c1cncc(OC)c1. The Hall–Kier alpha value is -1.09. The maximum absolute atomic E-state index is 5.20. The van der Waals surface area contributed by atoms with E-state index in [-0.39, 0.29) is 0 Å². The molecule has 1 heterocycles. The highest BCUT2D eigenvalue weighted by molar-refractivity contribution is 5.25. The van der Waals surface area contributed by atoms with Crippen molar-refractivity contribution < 1.29 is 4.74 Å². The maximum Gasteiger partial charge on any atom is 0.137 e. The molecule has 3 heteroatoms. The number of hydrogen-bond donors (Lipinski definition) is 1. The molecule has 0 aliphatic heterocycles. The zero-order valence-electron chi connectivity index (χ0n) is 11.2. The fourth-order valence-corrected chi connectivity index (χ4v) is 1.99. The Morgan fingerprint density at radius 1 is 1.29 bits per heavy atom. The molecule has 0 fully saturated rings. The standard InChI is InChI=1S/C14H24N2O/c1-4-5-6-7-8-14(15-2)12-9-13(17-3)11-16-10-12/h9-11,14-15H,4-8H2,1-3H3. The number of nitrogens with zero attached hydrogens (tertiary/aromatic N) is 1. The third-order valence-corrected chi connectivity index (χ3v) is 3.07. The number of unbranched alkanes of at least 4 members (excludes halogenated alkanes) is 3. The van der Waals surface area contributed by atoms with Crippen molar-refractivity contribution >= 4 is 0 Å². The summed E-state index contributed by atoms with van der Waals surface area (Å²) in [4.78, 5) is 4.20. The first-order chi connectivity index (χ1) is 8.31. The topological polar surface area (TPSA) is 34.2 Å². The third-order valence-electron chi connectivity index (χ3n) is 3.07. The third kappa shape index (κ3) is 4.73. The van der Waals surface area contributed by atoms with Crippen LogP contribution in [0.25, 0.3) is 0 Å². The fraction of sp³-hybridized carbons (Fsp3) is 0.643. The molecule has 0 spiro atoms. The molecule has 0 aliphatic rings. The molecular weight excluding hydrogens is 212 g/mol. The van der Waals surface area contributed by atoms with E-state index in [9.17, 15) is 0 Å². The first-order valence-corrected chi connectivity index (χ1v) is 6.48. The summed E-state index contributed by atoms with van der Waals surface area (Å²) in [5, 5.41) is 3.35. The molecule has 1 atom stereocenters. The molecule has 96 valence electrons. The lowest BCUT2D eigenvalue weighted by Crippen LogP contribution is -2.16. The number of pyridine rings is 1. The molecule has 1 aromatic rings. The molecule has 1 unspecified atom stereocenters. The quantitative estimate of drug-likeness (QED) is 0.703. The Bertz CT molecular complexity index is 315. The summed E-state index contributed by atoms with van der Waals surface area (Å²) >= 11 is 0. The smallest absolute Gasteiger partial charge is 0.137 e. The number of aromatic nitrogens is 1. The molecule has 0 radical (unpaired) electrons. The minimum Gasteiger partial charge on any atom is -0.495 e. The molecule has 0 saturated carbocycles. The summed E-state index contributed by atoms with van der Waals surface area (Å²) < 4.78 is 5.20.